The molecule has 0 atom stereocenters. The van der Waals surface area contributed by atoms with Gasteiger partial charge >= 0.3 is 0 Å². The van der Waals surface area contributed by atoms with E-state index in [0.29, 0.717) is 27.7 Å². The van der Waals surface area contributed by atoms with Crippen molar-refractivity contribution in [2.24, 2.45) is 0 Å². The summed E-state index contributed by atoms with van der Waals surface area (Å²) in [6, 6.07) is 6.85. The van der Waals surface area contributed by atoms with Gasteiger partial charge < -0.3 is 10.6 Å². The van der Waals surface area contributed by atoms with Gasteiger partial charge in [-0.25, -0.2) is 9.97 Å². The van der Waals surface area contributed by atoms with Gasteiger partial charge in [0.2, 0.25) is 5.95 Å². The molecule has 0 saturated heterocycles. The average Bonchev–Trinajstić information content (AvgIpc) is 2.87. The number of benzene rings is 1. The third kappa shape index (κ3) is 5.06. The molecule has 1 heterocycles. The zero-order valence-corrected chi connectivity index (χ0v) is 15.3. The lowest BCUT2D eigenvalue weighted by Gasteiger charge is -2.16. The molecule has 1 aromatic carbocycles. The molecular formula is C18H20Cl2N4O. The summed E-state index contributed by atoms with van der Waals surface area (Å²) in [6.45, 7) is 0. The van der Waals surface area contributed by atoms with Crippen molar-refractivity contribution in [3.63, 3.8) is 0 Å². The fourth-order valence-corrected chi connectivity index (χ4v) is 3.28. The Morgan fingerprint density at radius 1 is 1.08 bits per heavy atom. The fourth-order valence-electron chi connectivity index (χ4n) is 2.94. The van der Waals surface area contributed by atoms with Gasteiger partial charge in [-0.3, -0.25) is 4.79 Å². The number of nitrogens with zero attached hydrogens (tertiary/aromatic N) is 2. The smallest absolute Gasteiger partial charge is 0.274 e. The summed E-state index contributed by atoms with van der Waals surface area (Å²) in [5.41, 5.74) is 0.734. The van der Waals surface area contributed by atoms with Gasteiger partial charge in [0.1, 0.15) is 5.69 Å². The van der Waals surface area contributed by atoms with Crippen LogP contribution in [0.25, 0.3) is 0 Å². The lowest BCUT2D eigenvalue weighted by molar-refractivity contribution is 0.102. The number of anilines is 2. The van der Waals surface area contributed by atoms with Crippen LogP contribution in [0, 0.1) is 0 Å². The molecule has 1 aromatic heterocycles. The Morgan fingerprint density at radius 2 is 1.84 bits per heavy atom. The van der Waals surface area contributed by atoms with Crippen molar-refractivity contribution in [1.82, 2.24) is 9.97 Å². The quantitative estimate of drug-likeness (QED) is 0.720. The minimum Gasteiger partial charge on any atom is -0.351 e. The first-order valence-electron chi connectivity index (χ1n) is 8.48. The van der Waals surface area contributed by atoms with Crippen LogP contribution in [0.1, 0.15) is 49.0 Å². The second-order valence-electron chi connectivity index (χ2n) is 6.18. The maximum absolute atomic E-state index is 12.4. The van der Waals surface area contributed by atoms with E-state index in [-0.39, 0.29) is 11.6 Å². The first kappa shape index (κ1) is 18.0. The maximum atomic E-state index is 12.4. The Labute approximate surface area is 157 Å². The van der Waals surface area contributed by atoms with Crippen molar-refractivity contribution >= 4 is 40.7 Å². The van der Waals surface area contributed by atoms with Gasteiger partial charge in [-0.1, -0.05) is 48.9 Å². The molecule has 2 aromatic rings. The molecule has 5 nitrogen and oxygen atoms in total. The molecule has 0 radical (unpaired) electrons. The van der Waals surface area contributed by atoms with Crippen LogP contribution in [-0.2, 0) is 0 Å². The van der Waals surface area contributed by atoms with E-state index < -0.39 is 0 Å². The highest BCUT2D eigenvalue weighted by atomic mass is 35.5. The number of aromatic nitrogens is 2. The molecule has 1 aliphatic carbocycles. The van der Waals surface area contributed by atoms with E-state index in [9.17, 15) is 4.79 Å². The molecular weight excluding hydrogens is 359 g/mol. The Morgan fingerprint density at radius 3 is 2.60 bits per heavy atom. The van der Waals surface area contributed by atoms with E-state index in [4.69, 9.17) is 23.2 Å². The molecule has 132 valence electrons. The number of nitrogens with one attached hydrogen (secondary N) is 2. The minimum atomic E-state index is -0.351. The summed E-state index contributed by atoms with van der Waals surface area (Å²) in [6.07, 6.45) is 8.79. The van der Waals surface area contributed by atoms with Crippen molar-refractivity contribution in [3.8, 4) is 0 Å². The highest BCUT2D eigenvalue weighted by Gasteiger charge is 2.15. The predicted octanol–water partition coefficient (Wildman–Crippen LogP) is 5.17. The number of hydrogen-bond donors (Lipinski definition) is 2. The molecule has 2 N–H and O–H groups in total. The predicted molar refractivity (Wildman–Crippen MR) is 102 cm³/mol. The van der Waals surface area contributed by atoms with Crippen molar-refractivity contribution in [2.45, 2.75) is 44.6 Å². The molecule has 1 amide bonds. The minimum absolute atomic E-state index is 0.280. The van der Waals surface area contributed by atoms with Crippen LogP contribution < -0.4 is 10.6 Å². The number of carbonyl (C=O) groups excluding carboxylic acids is 1. The van der Waals surface area contributed by atoms with Crippen LogP contribution in [-0.4, -0.2) is 21.9 Å². The zero-order valence-electron chi connectivity index (χ0n) is 13.8. The third-order valence-corrected chi connectivity index (χ3v) is 4.82. The standard InChI is InChI=1S/C18H20Cl2N4O/c19-12-7-8-14(20)16(11-12)23-17(25)15-9-10-21-18(24-15)22-13-5-3-1-2-4-6-13/h7-11,13H,1-6H2,(H,23,25)(H,21,22,24). The van der Waals surface area contributed by atoms with Gasteiger partial charge in [0.05, 0.1) is 10.7 Å². The average molecular weight is 379 g/mol. The zero-order chi connectivity index (χ0) is 17.6. The molecule has 1 saturated carbocycles. The number of rotatable bonds is 4. The van der Waals surface area contributed by atoms with Crippen LogP contribution in [0.3, 0.4) is 0 Å². The Hall–Kier alpha value is -1.85. The molecule has 3 rings (SSSR count). The molecule has 0 bridgehead atoms. The Balaban J connectivity index is 1.69. The van der Waals surface area contributed by atoms with Crippen molar-refractivity contribution in [1.29, 1.82) is 0 Å². The summed E-state index contributed by atoms with van der Waals surface area (Å²) in [5, 5.41) is 7.00. The van der Waals surface area contributed by atoms with E-state index in [0.717, 1.165) is 12.8 Å². The third-order valence-electron chi connectivity index (χ3n) is 4.25. The van der Waals surface area contributed by atoms with Crippen LogP contribution in [0.2, 0.25) is 10.0 Å². The summed E-state index contributed by atoms with van der Waals surface area (Å²) in [4.78, 5) is 21.0. The lowest BCUT2D eigenvalue weighted by atomic mass is 10.1. The van der Waals surface area contributed by atoms with Crippen LogP contribution in [0.15, 0.2) is 30.5 Å². The molecule has 1 aliphatic rings. The second-order valence-corrected chi connectivity index (χ2v) is 7.02. The fraction of sp³-hybridized carbons (Fsp3) is 0.389. The summed E-state index contributed by atoms with van der Waals surface area (Å²) >= 11 is 12.0. The molecule has 0 unspecified atom stereocenters. The lowest BCUT2D eigenvalue weighted by Crippen LogP contribution is -2.21. The van der Waals surface area contributed by atoms with Crippen LogP contribution >= 0.6 is 23.2 Å². The first-order chi connectivity index (χ1) is 12.1. The van der Waals surface area contributed by atoms with Crippen LogP contribution in [0.4, 0.5) is 11.6 Å². The highest BCUT2D eigenvalue weighted by molar-refractivity contribution is 6.35. The number of halogens is 2. The van der Waals surface area contributed by atoms with Gasteiger partial charge in [-0.15, -0.1) is 0 Å². The SMILES string of the molecule is O=C(Nc1cc(Cl)ccc1Cl)c1ccnc(NC2CCCCCC2)n1. The maximum Gasteiger partial charge on any atom is 0.274 e. The van der Waals surface area contributed by atoms with E-state index in [1.54, 1.807) is 30.5 Å². The van der Waals surface area contributed by atoms with Gasteiger partial charge in [0.15, 0.2) is 0 Å². The molecule has 25 heavy (non-hydrogen) atoms. The van der Waals surface area contributed by atoms with Crippen molar-refractivity contribution in [3.05, 3.63) is 46.2 Å². The van der Waals surface area contributed by atoms with E-state index in [2.05, 4.69) is 20.6 Å². The molecule has 7 heteroatoms. The van der Waals surface area contributed by atoms with Gasteiger partial charge in [-0.05, 0) is 37.1 Å². The van der Waals surface area contributed by atoms with Crippen molar-refractivity contribution < 1.29 is 4.79 Å². The Bertz CT molecular complexity index is 746. The van der Waals surface area contributed by atoms with Gasteiger partial charge in [0.25, 0.3) is 5.91 Å². The summed E-state index contributed by atoms with van der Waals surface area (Å²) in [5.74, 6) is 0.132. The monoisotopic (exact) mass is 378 g/mol. The summed E-state index contributed by atoms with van der Waals surface area (Å²) in [7, 11) is 0. The van der Waals surface area contributed by atoms with Gasteiger partial charge in [-0.2, -0.15) is 0 Å². The largest absolute Gasteiger partial charge is 0.351 e. The van der Waals surface area contributed by atoms with Crippen molar-refractivity contribution in [2.75, 3.05) is 10.6 Å². The molecule has 0 aliphatic heterocycles. The molecule has 0 spiro atoms. The van der Waals surface area contributed by atoms with E-state index >= 15 is 0 Å². The number of amides is 1. The first-order valence-corrected chi connectivity index (χ1v) is 9.23. The van der Waals surface area contributed by atoms with E-state index in [1.807, 2.05) is 0 Å². The number of hydrogen-bond acceptors (Lipinski definition) is 4. The normalized spacial score (nSPS) is 15.4. The van der Waals surface area contributed by atoms with E-state index in [1.165, 1.54) is 25.7 Å². The number of carbonyl (C=O) groups is 1. The van der Waals surface area contributed by atoms with Gasteiger partial charge in [0, 0.05) is 17.3 Å². The summed E-state index contributed by atoms with van der Waals surface area (Å²) < 4.78 is 0. The highest BCUT2D eigenvalue weighted by Crippen LogP contribution is 2.26. The Kier molecular flexibility index (Phi) is 6.10. The van der Waals surface area contributed by atoms with Crippen LogP contribution in [0.5, 0.6) is 0 Å². The second kappa shape index (κ2) is 8.50. The molecule has 1 fully saturated rings. The topological polar surface area (TPSA) is 66.9 Å².